The first-order valence-electron chi connectivity index (χ1n) is 18.1. The zero-order valence-corrected chi connectivity index (χ0v) is 29.3. The summed E-state index contributed by atoms with van der Waals surface area (Å²) >= 11 is 0. The summed E-state index contributed by atoms with van der Waals surface area (Å²) in [6, 6.07) is 58.5. The number of imidazole rings is 2. The lowest BCUT2D eigenvalue weighted by Crippen LogP contribution is -2.50. The number of benzene rings is 7. The lowest BCUT2D eigenvalue weighted by Gasteiger charge is -2.34. The Bertz CT molecular complexity index is 3030. The zero-order chi connectivity index (χ0) is 35.2. The highest BCUT2D eigenvalue weighted by Gasteiger charge is 2.42. The third kappa shape index (κ3) is 4.28. The van der Waals surface area contributed by atoms with Crippen molar-refractivity contribution in [1.29, 1.82) is 0 Å². The molecule has 3 aromatic heterocycles. The van der Waals surface area contributed by atoms with Crippen molar-refractivity contribution in [2.24, 2.45) is 0 Å². The van der Waals surface area contributed by atoms with Gasteiger partial charge in [-0.3, -0.25) is 4.90 Å². The summed E-state index contributed by atoms with van der Waals surface area (Å²) < 4.78 is 7.25. The largest absolute Gasteiger partial charge is 0.425 e. The number of hydrogen-bond donors (Lipinski definition) is 0. The first-order chi connectivity index (χ1) is 26.2. The topological polar surface area (TPSA) is 43.8 Å². The number of fused-ring (bicyclic) bond motifs is 9. The van der Waals surface area contributed by atoms with E-state index in [2.05, 4.69) is 196 Å². The highest BCUT2D eigenvalue weighted by molar-refractivity contribution is 6.73. The molecule has 250 valence electrons. The minimum absolute atomic E-state index is 0.233. The second-order valence-corrected chi connectivity index (χ2v) is 14.0. The predicted octanol–water partition coefficient (Wildman–Crippen LogP) is 10.3. The molecule has 0 saturated heterocycles. The molecule has 0 saturated carbocycles. The number of anilines is 3. The normalized spacial score (nSPS) is 12.6. The third-order valence-electron chi connectivity index (χ3n) is 10.9. The molecule has 0 fully saturated rings. The summed E-state index contributed by atoms with van der Waals surface area (Å²) in [5.41, 5.74) is 14.4. The van der Waals surface area contributed by atoms with Gasteiger partial charge in [0.15, 0.2) is 0 Å². The molecule has 0 unspecified atom stereocenters. The van der Waals surface area contributed by atoms with E-state index in [4.69, 9.17) is 9.97 Å². The van der Waals surface area contributed by atoms with Crippen LogP contribution in [-0.4, -0.2) is 30.5 Å². The summed E-state index contributed by atoms with van der Waals surface area (Å²) in [7, 11) is 0. The van der Waals surface area contributed by atoms with Crippen LogP contribution in [0.15, 0.2) is 164 Å². The number of aryl methyl sites for hydroxylation is 2. The number of nitrogens with zero attached hydrogens (tertiary/aromatic N) is 6. The second-order valence-electron chi connectivity index (χ2n) is 14.0. The summed E-state index contributed by atoms with van der Waals surface area (Å²) in [6.45, 7) is 4.13. The van der Waals surface area contributed by atoms with Crippen LogP contribution >= 0.6 is 0 Å². The predicted molar refractivity (Wildman–Crippen MR) is 220 cm³/mol. The number of rotatable bonds is 4. The van der Waals surface area contributed by atoms with E-state index in [1.807, 2.05) is 0 Å². The Balaban J connectivity index is 1.30. The van der Waals surface area contributed by atoms with Crippen LogP contribution in [-0.2, 0) is 0 Å². The molecule has 10 aromatic rings. The van der Waals surface area contributed by atoms with Crippen LogP contribution in [0.3, 0.4) is 0 Å². The Morgan fingerprint density at radius 2 is 1.19 bits per heavy atom. The molecule has 1 aliphatic heterocycles. The summed E-state index contributed by atoms with van der Waals surface area (Å²) in [6.07, 6.45) is 0. The summed E-state index contributed by atoms with van der Waals surface area (Å²) in [5, 5.41) is 2.33. The maximum Gasteiger partial charge on any atom is 0.425 e. The van der Waals surface area contributed by atoms with Gasteiger partial charge in [0.25, 0.3) is 0 Å². The Labute approximate surface area is 306 Å². The molecule has 0 radical (unpaired) electrons. The first-order valence-corrected chi connectivity index (χ1v) is 18.1. The Morgan fingerprint density at radius 1 is 0.509 bits per heavy atom. The number of para-hydroxylation sites is 2. The summed E-state index contributed by atoms with van der Waals surface area (Å²) in [5.74, 6) is 1.68. The molecule has 7 aromatic carbocycles. The van der Waals surface area contributed by atoms with Gasteiger partial charge < -0.3 is 13.5 Å². The van der Waals surface area contributed by atoms with Gasteiger partial charge in [-0.25, -0.2) is 9.97 Å². The average Bonchev–Trinajstić information content (AvgIpc) is 3.90. The fourth-order valence-corrected chi connectivity index (χ4v) is 8.54. The fraction of sp³-hybridized carbons (Fsp3) is 0.0435. The van der Waals surface area contributed by atoms with Gasteiger partial charge in [-0.05, 0) is 84.0 Å². The van der Waals surface area contributed by atoms with Crippen LogP contribution in [0.2, 0.25) is 0 Å². The van der Waals surface area contributed by atoms with E-state index < -0.39 is 0 Å². The smallest absolute Gasteiger partial charge is 0.329 e. The lowest BCUT2D eigenvalue weighted by atomic mass is 9.66. The fourth-order valence-electron chi connectivity index (χ4n) is 8.54. The van der Waals surface area contributed by atoms with Crippen LogP contribution < -0.4 is 10.4 Å². The van der Waals surface area contributed by atoms with E-state index in [1.165, 1.54) is 16.5 Å². The van der Waals surface area contributed by atoms with E-state index in [9.17, 15) is 0 Å². The van der Waals surface area contributed by atoms with Crippen molar-refractivity contribution in [2.45, 2.75) is 13.8 Å². The molecule has 0 bridgehead atoms. The van der Waals surface area contributed by atoms with Crippen molar-refractivity contribution >= 4 is 73.9 Å². The molecule has 11 rings (SSSR count). The molecule has 4 heterocycles. The van der Waals surface area contributed by atoms with Gasteiger partial charge in [-0.15, -0.1) is 0 Å². The molecular formula is C46H33BN6. The van der Waals surface area contributed by atoms with Gasteiger partial charge >= 0.3 is 6.98 Å². The second kappa shape index (κ2) is 11.3. The van der Waals surface area contributed by atoms with Crippen LogP contribution in [0.4, 0.5) is 17.6 Å². The monoisotopic (exact) mass is 680 g/mol. The lowest BCUT2D eigenvalue weighted by molar-refractivity contribution is 0.962. The minimum Gasteiger partial charge on any atom is -0.329 e. The third-order valence-corrected chi connectivity index (χ3v) is 10.9. The molecule has 7 heteroatoms. The molecule has 0 aliphatic carbocycles. The van der Waals surface area contributed by atoms with E-state index >= 15 is 0 Å². The van der Waals surface area contributed by atoms with Gasteiger partial charge in [-0.1, -0.05) is 121 Å². The van der Waals surface area contributed by atoms with Gasteiger partial charge in [0.2, 0.25) is 11.9 Å². The summed E-state index contributed by atoms with van der Waals surface area (Å²) in [4.78, 5) is 13.4. The standard InChI is InChI=1S/C46H33BN6/c1-30-25-26-31(2)44-43(30)49-46-51(40-24-14-23-39-42(40)36-21-12-13-22-38(36)50(39)35-19-10-5-11-20-35)45-48-37-28-27-33(32-15-6-3-7-16-32)29-41(37)52(45)47(53(44)46)34-17-8-4-9-18-34/h3-29H,1-2H3. The van der Waals surface area contributed by atoms with Gasteiger partial charge in [0, 0.05) is 16.5 Å². The maximum absolute atomic E-state index is 5.56. The van der Waals surface area contributed by atoms with E-state index in [0.29, 0.717) is 0 Å². The molecule has 0 amide bonds. The minimum atomic E-state index is -0.233. The molecule has 6 nitrogen and oxygen atoms in total. The quantitative estimate of drug-likeness (QED) is 0.174. The van der Waals surface area contributed by atoms with E-state index in [1.54, 1.807) is 0 Å². The molecule has 1 aliphatic rings. The zero-order valence-electron chi connectivity index (χ0n) is 29.3. The molecular weight excluding hydrogens is 647 g/mol. The SMILES string of the molecule is Cc1ccc(C)c2c1nc1n2B(c2ccccc2)n2c(nc3ccc(-c4ccccc4)cc32)N1c1cccc2c1c1ccccc1n2-c1ccccc1. The van der Waals surface area contributed by atoms with Gasteiger partial charge in [0.1, 0.15) is 0 Å². The Kier molecular flexibility index (Phi) is 6.37. The van der Waals surface area contributed by atoms with Crippen LogP contribution in [0.5, 0.6) is 0 Å². The first kappa shape index (κ1) is 29.8. The van der Waals surface area contributed by atoms with Crippen LogP contribution in [0.1, 0.15) is 11.1 Å². The molecule has 0 N–H and O–H groups in total. The average molecular weight is 681 g/mol. The molecule has 0 atom stereocenters. The highest BCUT2D eigenvalue weighted by atomic mass is 15.4. The highest BCUT2D eigenvalue weighted by Crippen LogP contribution is 2.47. The molecule has 0 spiro atoms. The van der Waals surface area contributed by atoms with Crippen LogP contribution in [0.25, 0.3) is 60.7 Å². The van der Waals surface area contributed by atoms with Crippen molar-refractivity contribution in [3.63, 3.8) is 0 Å². The van der Waals surface area contributed by atoms with Crippen molar-refractivity contribution in [3.05, 3.63) is 175 Å². The van der Waals surface area contributed by atoms with Crippen molar-refractivity contribution in [2.75, 3.05) is 4.90 Å². The van der Waals surface area contributed by atoms with E-state index in [0.717, 1.165) is 78.3 Å². The van der Waals surface area contributed by atoms with Crippen molar-refractivity contribution in [1.82, 2.24) is 23.5 Å². The van der Waals surface area contributed by atoms with Gasteiger partial charge in [-0.2, -0.15) is 0 Å². The maximum atomic E-state index is 5.56. The number of hydrogen-bond acceptors (Lipinski definition) is 3. The Morgan fingerprint density at radius 3 is 2.00 bits per heavy atom. The van der Waals surface area contributed by atoms with E-state index in [-0.39, 0.29) is 6.98 Å². The molecule has 53 heavy (non-hydrogen) atoms. The van der Waals surface area contributed by atoms with Crippen LogP contribution in [0, 0.1) is 13.8 Å². The number of aromatic nitrogens is 5. The Hall–Kier alpha value is -6.86. The van der Waals surface area contributed by atoms with Gasteiger partial charge in [0.05, 0.1) is 38.8 Å². The van der Waals surface area contributed by atoms with Crippen molar-refractivity contribution in [3.8, 4) is 16.8 Å². The van der Waals surface area contributed by atoms with Crippen molar-refractivity contribution < 1.29 is 0 Å².